The highest BCUT2D eigenvalue weighted by Gasteiger charge is 2.35. The van der Waals surface area contributed by atoms with Gasteiger partial charge in [-0.2, -0.15) is 0 Å². The normalized spacial score (nSPS) is 12.9. The summed E-state index contributed by atoms with van der Waals surface area (Å²) < 4.78 is 0.715. The Hall–Kier alpha value is -3.07. The average molecular weight is 432 g/mol. The van der Waals surface area contributed by atoms with E-state index in [4.69, 9.17) is 0 Å². The number of benzene rings is 2. The molecule has 0 bridgehead atoms. The third kappa shape index (κ3) is 4.03. The van der Waals surface area contributed by atoms with Crippen molar-refractivity contribution in [1.82, 2.24) is 4.90 Å². The minimum atomic E-state index is -0.522. The summed E-state index contributed by atoms with van der Waals surface area (Å²) in [6.45, 7) is 0.137. The van der Waals surface area contributed by atoms with Gasteiger partial charge in [-0.3, -0.25) is 29.4 Å². The van der Waals surface area contributed by atoms with E-state index in [0.717, 1.165) is 4.90 Å². The molecule has 1 aliphatic rings. The number of non-ortho nitro benzene ring substituents is 1. The Labute approximate surface area is 162 Å². The number of hydrogen-bond acceptors (Lipinski definition) is 5. The SMILES string of the molecule is O=C(CCCN1C(=O)c2ccc(Br)cc2C1=O)Nc1ccc([N+](=O)[O-])cc1. The Morgan fingerprint density at radius 1 is 1.07 bits per heavy atom. The summed E-state index contributed by atoms with van der Waals surface area (Å²) in [5.74, 6) is -1.03. The topological polar surface area (TPSA) is 110 Å². The van der Waals surface area contributed by atoms with E-state index >= 15 is 0 Å². The van der Waals surface area contributed by atoms with Crippen molar-refractivity contribution in [3.05, 3.63) is 68.2 Å². The molecule has 0 spiro atoms. The van der Waals surface area contributed by atoms with Crippen molar-refractivity contribution < 1.29 is 19.3 Å². The Kier molecular flexibility index (Phi) is 5.31. The van der Waals surface area contributed by atoms with Crippen molar-refractivity contribution in [2.45, 2.75) is 12.8 Å². The molecule has 27 heavy (non-hydrogen) atoms. The van der Waals surface area contributed by atoms with Gasteiger partial charge in [-0.25, -0.2) is 0 Å². The quantitative estimate of drug-likeness (QED) is 0.428. The molecule has 1 heterocycles. The van der Waals surface area contributed by atoms with Crippen LogP contribution in [0.15, 0.2) is 46.9 Å². The summed E-state index contributed by atoms with van der Waals surface area (Å²) in [4.78, 5) is 47.9. The Balaban J connectivity index is 1.52. The van der Waals surface area contributed by atoms with E-state index < -0.39 is 4.92 Å². The first kappa shape index (κ1) is 18.7. The predicted octanol–water partition coefficient (Wildman–Crippen LogP) is 3.37. The van der Waals surface area contributed by atoms with Gasteiger partial charge in [0.05, 0.1) is 16.1 Å². The molecule has 1 aliphatic heterocycles. The predicted molar refractivity (Wildman–Crippen MR) is 100 cm³/mol. The van der Waals surface area contributed by atoms with E-state index in [1.54, 1.807) is 18.2 Å². The summed E-state index contributed by atoms with van der Waals surface area (Å²) in [6.07, 6.45) is 0.416. The summed E-state index contributed by atoms with van der Waals surface area (Å²) >= 11 is 3.28. The standard InChI is InChI=1S/C18H14BrN3O5/c19-11-3-8-14-15(10-11)18(25)21(17(14)24)9-1-2-16(23)20-12-4-6-13(7-5-12)22(26)27/h3-8,10H,1-2,9H2,(H,20,23). The van der Waals surface area contributed by atoms with Crippen LogP contribution in [0.3, 0.4) is 0 Å². The van der Waals surface area contributed by atoms with Crippen LogP contribution in [0.1, 0.15) is 33.6 Å². The number of nitrogens with zero attached hydrogens (tertiary/aromatic N) is 2. The third-order valence-corrected chi connectivity index (χ3v) is 4.57. The van der Waals surface area contributed by atoms with Gasteiger partial charge < -0.3 is 5.32 Å². The molecule has 0 saturated heterocycles. The number of anilines is 1. The van der Waals surface area contributed by atoms with Crippen LogP contribution in [0.4, 0.5) is 11.4 Å². The molecule has 0 fully saturated rings. The fourth-order valence-corrected chi connectivity index (χ4v) is 3.11. The first-order valence-corrected chi connectivity index (χ1v) is 8.86. The Morgan fingerprint density at radius 2 is 1.74 bits per heavy atom. The first-order chi connectivity index (χ1) is 12.9. The molecule has 8 nitrogen and oxygen atoms in total. The first-order valence-electron chi connectivity index (χ1n) is 8.07. The number of imide groups is 1. The molecule has 0 unspecified atom stereocenters. The van der Waals surface area contributed by atoms with Crippen molar-refractivity contribution in [2.24, 2.45) is 0 Å². The lowest BCUT2D eigenvalue weighted by atomic mass is 10.1. The van der Waals surface area contributed by atoms with Gasteiger partial charge in [0.2, 0.25) is 5.91 Å². The maximum atomic E-state index is 12.3. The molecule has 1 N–H and O–H groups in total. The number of nitrogens with one attached hydrogen (secondary N) is 1. The number of hydrogen-bond donors (Lipinski definition) is 1. The highest BCUT2D eigenvalue weighted by atomic mass is 79.9. The van der Waals surface area contributed by atoms with Gasteiger partial charge in [0, 0.05) is 35.3 Å². The van der Waals surface area contributed by atoms with E-state index in [9.17, 15) is 24.5 Å². The number of fused-ring (bicyclic) bond motifs is 1. The van der Waals surface area contributed by atoms with E-state index in [-0.39, 0.29) is 36.4 Å². The molecule has 0 aromatic heterocycles. The smallest absolute Gasteiger partial charge is 0.269 e. The second-order valence-corrected chi connectivity index (χ2v) is 6.82. The number of halogens is 1. The van der Waals surface area contributed by atoms with Gasteiger partial charge in [-0.1, -0.05) is 15.9 Å². The van der Waals surface area contributed by atoms with Crippen LogP contribution >= 0.6 is 15.9 Å². The summed E-state index contributed by atoms with van der Waals surface area (Å²) in [5, 5.41) is 13.2. The molecule has 2 aromatic carbocycles. The molecule has 9 heteroatoms. The van der Waals surface area contributed by atoms with Crippen LogP contribution in [0.2, 0.25) is 0 Å². The minimum absolute atomic E-state index is 0.0646. The molecule has 0 atom stereocenters. The van der Waals surface area contributed by atoms with Crippen molar-refractivity contribution >= 4 is 45.0 Å². The number of carbonyl (C=O) groups excluding carboxylic acids is 3. The van der Waals surface area contributed by atoms with Gasteiger partial charge in [0.15, 0.2) is 0 Å². The number of nitro groups is 1. The van der Waals surface area contributed by atoms with Crippen molar-refractivity contribution in [3.8, 4) is 0 Å². The Bertz CT molecular complexity index is 943. The van der Waals surface area contributed by atoms with Crippen molar-refractivity contribution in [3.63, 3.8) is 0 Å². The van der Waals surface area contributed by atoms with Crippen molar-refractivity contribution in [2.75, 3.05) is 11.9 Å². The molecular weight excluding hydrogens is 418 g/mol. The van der Waals surface area contributed by atoms with Crippen molar-refractivity contribution in [1.29, 1.82) is 0 Å². The van der Waals surface area contributed by atoms with Crippen LogP contribution in [-0.4, -0.2) is 34.1 Å². The molecule has 138 valence electrons. The van der Waals surface area contributed by atoms with Crippen LogP contribution in [0.25, 0.3) is 0 Å². The van der Waals surface area contributed by atoms with Crippen LogP contribution in [0.5, 0.6) is 0 Å². The number of carbonyl (C=O) groups is 3. The van der Waals surface area contributed by atoms with E-state index in [1.165, 1.54) is 24.3 Å². The molecular formula is C18H14BrN3O5. The zero-order chi connectivity index (χ0) is 19.6. The minimum Gasteiger partial charge on any atom is -0.326 e. The zero-order valence-electron chi connectivity index (χ0n) is 14.0. The average Bonchev–Trinajstić information content (AvgIpc) is 2.86. The number of amides is 3. The van der Waals surface area contributed by atoms with E-state index in [2.05, 4.69) is 21.2 Å². The largest absolute Gasteiger partial charge is 0.326 e. The lowest BCUT2D eigenvalue weighted by molar-refractivity contribution is -0.384. The maximum absolute atomic E-state index is 12.3. The number of rotatable bonds is 6. The third-order valence-electron chi connectivity index (χ3n) is 4.08. The lowest BCUT2D eigenvalue weighted by Crippen LogP contribution is -2.31. The molecule has 0 radical (unpaired) electrons. The second-order valence-electron chi connectivity index (χ2n) is 5.91. The summed E-state index contributed by atoms with van der Waals surface area (Å²) in [6, 6.07) is 10.4. The highest BCUT2D eigenvalue weighted by Crippen LogP contribution is 2.26. The zero-order valence-corrected chi connectivity index (χ0v) is 15.6. The molecule has 0 saturated carbocycles. The molecule has 3 rings (SSSR count). The van der Waals surface area contributed by atoms with Gasteiger partial charge in [0.25, 0.3) is 17.5 Å². The monoisotopic (exact) mass is 431 g/mol. The van der Waals surface area contributed by atoms with Gasteiger partial charge in [-0.05, 0) is 36.8 Å². The fourth-order valence-electron chi connectivity index (χ4n) is 2.75. The van der Waals surface area contributed by atoms with Gasteiger partial charge in [-0.15, -0.1) is 0 Å². The highest BCUT2D eigenvalue weighted by molar-refractivity contribution is 9.10. The summed E-state index contributed by atoms with van der Waals surface area (Å²) in [7, 11) is 0. The lowest BCUT2D eigenvalue weighted by Gasteiger charge is -2.13. The molecule has 0 aliphatic carbocycles. The summed E-state index contributed by atoms with van der Waals surface area (Å²) in [5.41, 5.74) is 1.09. The van der Waals surface area contributed by atoms with Crippen LogP contribution in [-0.2, 0) is 4.79 Å². The van der Waals surface area contributed by atoms with Gasteiger partial charge in [0.1, 0.15) is 0 Å². The van der Waals surface area contributed by atoms with Crippen LogP contribution < -0.4 is 5.32 Å². The number of nitro benzene ring substituents is 1. The maximum Gasteiger partial charge on any atom is 0.269 e. The van der Waals surface area contributed by atoms with Crippen LogP contribution in [0, 0.1) is 10.1 Å². The Morgan fingerprint density at radius 3 is 2.41 bits per heavy atom. The van der Waals surface area contributed by atoms with E-state index in [0.29, 0.717) is 27.7 Å². The fraction of sp³-hybridized carbons (Fsp3) is 0.167. The second kappa shape index (κ2) is 7.67. The molecule has 3 amide bonds. The van der Waals surface area contributed by atoms with Gasteiger partial charge >= 0.3 is 0 Å². The van der Waals surface area contributed by atoms with E-state index in [1.807, 2.05) is 0 Å². The molecule has 2 aromatic rings.